The maximum atomic E-state index is 14.1. The van der Waals surface area contributed by atoms with Crippen LogP contribution < -0.4 is 5.73 Å². The number of hydrogen-bond acceptors (Lipinski definition) is 4. The number of hydrogen-bond donors (Lipinski definition) is 1. The topological polar surface area (TPSA) is 71.6 Å². The van der Waals surface area contributed by atoms with Crippen LogP contribution in [0.4, 0.5) is 0 Å². The third-order valence-electron chi connectivity index (χ3n) is 6.60. The van der Waals surface area contributed by atoms with Crippen LogP contribution >= 0.6 is 12.4 Å². The van der Waals surface area contributed by atoms with Crippen molar-refractivity contribution in [3.63, 3.8) is 0 Å². The Balaban J connectivity index is 0.000000636. The molecule has 2 N–H and O–H groups in total. The van der Waals surface area contributed by atoms with Gasteiger partial charge in [-0.15, -0.1) is 12.4 Å². The van der Waals surface area contributed by atoms with Crippen LogP contribution in [0, 0.1) is 11.8 Å². The average molecular weight is 477 g/mol. The number of aromatic nitrogens is 1. The number of aliphatic imine (C=N–C) groups is 1. The van der Waals surface area contributed by atoms with Gasteiger partial charge in [0.2, 0.25) is 0 Å². The van der Waals surface area contributed by atoms with Gasteiger partial charge in [0.15, 0.2) is 11.4 Å². The minimum absolute atomic E-state index is 0. The Labute approximate surface area is 208 Å². The number of rotatable bonds is 6. The van der Waals surface area contributed by atoms with Gasteiger partial charge in [-0.05, 0) is 60.9 Å². The summed E-state index contributed by atoms with van der Waals surface area (Å²) >= 11 is 0. The van der Waals surface area contributed by atoms with Crippen LogP contribution in [-0.4, -0.2) is 34.7 Å². The van der Waals surface area contributed by atoms with Crippen LogP contribution in [0.2, 0.25) is 0 Å². The molecule has 2 fully saturated rings. The molecule has 3 aliphatic carbocycles. The minimum Gasteiger partial charge on any atom is -0.330 e. The van der Waals surface area contributed by atoms with Gasteiger partial charge in [0.1, 0.15) is 5.69 Å². The molecule has 0 spiro atoms. The quantitative estimate of drug-likeness (QED) is 0.594. The van der Waals surface area contributed by atoms with Crippen LogP contribution in [0.1, 0.15) is 49.8 Å². The molecule has 6 rings (SSSR count). The van der Waals surface area contributed by atoms with E-state index in [2.05, 4.69) is 23.2 Å². The Bertz CT molecular complexity index is 1080. The lowest BCUT2D eigenvalue weighted by atomic mass is 9.80. The number of nitrogens with zero attached hydrogens (tertiary/aromatic N) is 3. The van der Waals surface area contributed by atoms with E-state index in [1.54, 1.807) is 11.1 Å². The number of nitrogens with two attached hydrogens (primary N) is 1. The van der Waals surface area contributed by atoms with Gasteiger partial charge < -0.3 is 5.73 Å². The summed E-state index contributed by atoms with van der Waals surface area (Å²) in [7, 11) is 0. The van der Waals surface area contributed by atoms with Gasteiger partial charge in [-0.25, -0.2) is 4.99 Å². The average Bonchev–Trinajstić information content (AvgIpc) is 3.76. The van der Waals surface area contributed by atoms with E-state index in [4.69, 9.17) is 10.7 Å². The monoisotopic (exact) mass is 476 g/mol. The Kier molecular flexibility index (Phi) is 7.64. The smallest absolute Gasteiger partial charge is 0.265 e. The highest BCUT2D eigenvalue weighted by atomic mass is 35.5. The summed E-state index contributed by atoms with van der Waals surface area (Å²) in [4.78, 5) is 25.6. The molecule has 0 saturated heterocycles. The maximum Gasteiger partial charge on any atom is 0.265 e. The fraction of sp³-hybridized carbons (Fsp3) is 0.393. The third kappa shape index (κ3) is 4.86. The Morgan fingerprint density at radius 3 is 2.47 bits per heavy atom. The summed E-state index contributed by atoms with van der Waals surface area (Å²) in [6, 6.07) is 15.7. The van der Waals surface area contributed by atoms with E-state index in [9.17, 15) is 4.79 Å². The van der Waals surface area contributed by atoms with Gasteiger partial charge in [0.05, 0.1) is 0 Å². The lowest BCUT2D eigenvalue weighted by Crippen LogP contribution is -2.43. The first-order valence-electron chi connectivity index (χ1n) is 12.2. The number of carbonyl (C=O) groups excluding carboxylic acids is 1. The summed E-state index contributed by atoms with van der Waals surface area (Å²) < 4.78 is 0. The first kappa shape index (κ1) is 24.4. The molecule has 2 heterocycles. The van der Waals surface area contributed by atoms with Crippen LogP contribution in [0.5, 0.6) is 0 Å². The molecule has 178 valence electrons. The van der Waals surface area contributed by atoms with Crippen LogP contribution in [0.15, 0.2) is 83.5 Å². The van der Waals surface area contributed by atoms with Crippen molar-refractivity contribution in [3.05, 3.63) is 89.8 Å². The van der Waals surface area contributed by atoms with Gasteiger partial charge >= 0.3 is 0 Å². The molecule has 3 atom stereocenters. The first-order chi connectivity index (χ1) is 16.2. The van der Waals surface area contributed by atoms with Crippen molar-refractivity contribution >= 4 is 24.1 Å². The first-order valence-corrected chi connectivity index (χ1v) is 12.2. The van der Waals surface area contributed by atoms with Crippen LogP contribution in [0.3, 0.4) is 0 Å². The summed E-state index contributed by atoms with van der Waals surface area (Å²) in [6.45, 7) is 1.06. The molecule has 6 heteroatoms. The van der Waals surface area contributed by atoms with E-state index < -0.39 is 5.54 Å². The van der Waals surface area contributed by atoms with Crippen molar-refractivity contribution in [1.29, 1.82) is 0 Å². The summed E-state index contributed by atoms with van der Waals surface area (Å²) in [5, 5.41) is 0. The fourth-order valence-electron chi connectivity index (χ4n) is 4.58. The molecule has 4 aliphatic rings. The number of amides is 1. The molecular formula is C28H33ClN4O. The number of amidine groups is 1. The van der Waals surface area contributed by atoms with Gasteiger partial charge in [-0.1, -0.05) is 73.9 Å². The van der Waals surface area contributed by atoms with Crippen LogP contribution in [-0.2, 0) is 10.3 Å². The number of pyridine rings is 1. The molecule has 0 radical (unpaired) electrons. The molecule has 2 aromatic rings. The zero-order chi connectivity index (χ0) is 22.7. The minimum atomic E-state index is -1.04. The van der Waals surface area contributed by atoms with E-state index in [0.29, 0.717) is 37.2 Å². The standard InChI is InChI=1S/C25H26N4O.C3H6.ClH/c26-13-7-15-29-23(22-12-4-5-14-27-22)28-25(24(29)30,20-9-2-1-3-10-20)21-11-6-8-18-16-19(18)17-21;1-2-3-1;/h1-6,8-10,12,14,17-19H,7,11,13,15-16,26H2;1-3H2;1H. The molecule has 0 bridgehead atoms. The van der Waals surface area contributed by atoms with Crippen molar-refractivity contribution in [3.8, 4) is 0 Å². The summed E-state index contributed by atoms with van der Waals surface area (Å²) in [6.07, 6.45) is 15.7. The SMILES string of the molecule is C1CC1.Cl.NCCCN1C(=O)C(C2=CC3CC3C=CC2)(c2ccccc2)N=C1c1ccccn1. The third-order valence-corrected chi connectivity index (χ3v) is 6.60. The predicted molar refractivity (Wildman–Crippen MR) is 139 cm³/mol. The Hall–Kier alpha value is -2.76. The Morgan fingerprint density at radius 1 is 1.03 bits per heavy atom. The number of allylic oxidation sites excluding steroid dienone is 3. The normalized spacial score (nSPS) is 26.3. The van der Waals surface area contributed by atoms with E-state index in [1.165, 1.54) is 19.3 Å². The van der Waals surface area contributed by atoms with E-state index >= 15 is 0 Å². The highest BCUT2D eigenvalue weighted by Gasteiger charge is 2.53. The summed E-state index contributed by atoms with van der Waals surface area (Å²) in [5.74, 6) is 1.76. The second kappa shape index (κ2) is 10.7. The molecule has 1 amide bonds. The number of halogens is 1. The van der Waals surface area contributed by atoms with Crippen molar-refractivity contribution < 1.29 is 4.79 Å². The predicted octanol–water partition coefficient (Wildman–Crippen LogP) is 5.03. The molecular weight excluding hydrogens is 444 g/mol. The van der Waals surface area contributed by atoms with E-state index in [0.717, 1.165) is 29.7 Å². The summed E-state index contributed by atoms with van der Waals surface area (Å²) in [5.41, 5.74) is 7.46. The van der Waals surface area contributed by atoms with Gasteiger partial charge in [0.25, 0.3) is 5.91 Å². The van der Waals surface area contributed by atoms with Crippen molar-refractivity contribution in [2.75, 3.05) is 13.1 Å². The number of fused-ring (bicyclic) bond motifs is 1. The Morgan fingerprint density at radius 2 is 1.79 bits per heavy atom. The zero-order valence-electron chi connectivity index (χ0n) is 19.5. The van der Waals surface area contributed by atoms with Gasteiger partial charge in [-0.3, -0.25) is 14.7 Å². The number of carbonyl (C=O) groups is 1. The van der Waals surface area contributed by atoms with Crippen molar-refractivity contribution in [2.24, 2.45) is 22.6 Å². The van der Waals surface area contributed by atoms with E-state index in [1.807, 2.05) is 48.5 Å². The molecule has 1 aromatic heterocycles. The van der Waals surface area contributed by atoms with Crippen molar-refractivity contribution in [2.45, 2.75) is 44.1 Å². The number of benzene rings is 1. The lowest BCUT2D eigenvalue weighted by Gasteiger charge is -2.29. The second-order valence-corrected chi connectivity index (χ2v) is 9.27. The highest BCUT2D eigenvalue weighted by molar-refractivity contribution is 6.16. The van der Waals surface area contributed by atoms with E-state index in [-0.39, 0.29) is 18.3 Å². The molecule has 5 nitrogen and oxygen atoms in total. The zero-order valence-corrected chi connectivity index (χ0v) is 20.3. The fourth-order valence-corrected chi connectivity index (χ4v) is 4.58. The van der Waals surface area contributed by atoms with Crippen molar-refractivity contribution in [1.82, 2.24) is 9.88 Å². The van der Waals surface area contributed by atoms with Gasteiger partial charge in [0, 0.05) is 12.7 Å². The molecule has 1 aromatic carbocycles. The van der Waals surface area contributed by atoms with Gasteiger partial charge in [-0.2, -0.15) is 0 Å². The second-order valence-electron chi connectivity index (χ2n) is 9.27. The molecule has 1 aliphatic heterocycles. The molecule has 2 saturated carbocycles. The molecule has 34 heavy (non-hydrogen) atoms. The maximum absolute atomic E-state index is 14.1. The molecule has 3 unspecified atom stereocenters. The van der Waals surface area contributed by atoms with Crippen LogP contribution in [0.25, 0.3) is 0 Å². The largest absolute Gasteiger partial charge is 0.330 e. The highest BCUT2D eigenvalue weighted by Crippen LogP contribution is 2.49. The lowest BCUT2D eigenvalue weighted by molar-refractivity contribution is -0.130.